The number of hydrogen-bond donors (Lipinski definition) is 2. The quantitative estimate of drug-likeness (QED) is 0.659. The van der Waals surface area contributed by atoms with Crippen LogP contribution in [0, 0.1) is 0 Å². The minimum atomic E-state index is 0.675. The largest absolute Gasteiger partial charge is 0.497 e. The summed E-state index contributed by atoms with van der Waals surface area (Å²) >= 11 is 0. The third kappa shape index (κ3) is 5.17. The molecule has 2 heterocycles. The molecule has 0 bridgehead atoms. The van der Waals surface area contributed by atoms with Crippen molar-refractivity contribution in [3.05, 3.63) is 72.3 Å². The summed E-state index contributed by atoms with van der Waals surface area (Å²) in [6, 6.07) is 13.9. The maximum absolute atomic E-state index is 5.24. The fourth-order valence-corrected chi connectivity index (χ4v) is 2.41. The van der Waals surface area contributed by atoms with E-state index in [9.17, 15) is 0 Å². The van der Waals surface area contributed by atoms with E-state index in [2.05, 4.69) is 31.7 Å². The Balaban J connectivity index is 1.51. The van der Waals surface area contributed by atoms with Gasteiger partial charge in [0.15, 0.2) is 0 Å². The van der Waals surface area contributed by atoms with E-state index < -0.39 is 0 Å². The third-order valence-corrected chi connectivity index (χ3v) is 3.72. The summed E-state index contributed by atoms with van der Waals surface area (Å²) < 4.78 is 5.24. The summed E-state index contributed by atoms with van der Waals surface area (Å²) in [7, 11) is 1.68. The summed E-state index contributed by atoms with van der Waals surface area (Å²) in [5, 5.41) is 6.60. The van der Waals surface area contributed by atoms with Crippen molar-refractivity contribution in [3.8, 4) is 5.75 Å². The Kier molecular flexibility index (Phi) is 5.77. The van der Waals surface area contributed by atoms with Gasteiger partial charge in [0.05, 0.1) is 7.11 Å². The van der Waals surface area contributed by atoms with Crippen molar-refractivity contribution in [2.75, 3.05) is 24.3 Å². The topological polar surface area (TPSA) is 72.0 Å². The molecule has 0 aliphatic rings. The lowest BCUT2D eigenvalue weighted by Crippen LogP contribution is -2.08. The minimum Gasteiger partial charge on any atom is -0.497 e. The van der Waals surface area contributed by atoms with Gasteiger partial charge in [-0.1, -0.05) is 18.2 Å². The van der Waals surface area contributed by atoms with Crippen LogP contribution in [0.3, 0.4) is 0 Å². The van der Waals surface area contributed by atoms with Crippen LogP contribution < -0.4 is 15.4 Å². The highest BCUT2D eigenvalue weighted by Crippen LogP contribution is 2.14. The van der Waals surface area contributed by atoms with Gasteiger partial charge in [0.2, 0.25) is 0 Å². The van der Waals surface area contributed by atoms with Crippen LogP contribution >= 0.6 is 0 Å². The predicted molar refractivity (Wildman–Crippen MR) is 98.8 cm³/mol. The van der Waals surface area contributed by atoms with Gasteiger partial charge in [0.1, 0.15) is 23.7 Å². The summed E-state index contributed by atoms with van der Waals surface area (Å²) in [6.45, 7) is 1.46. The Morgan fingerprint density at radius 3 is 2.60 bits per heavy atom. The van der Waals surface area contributed by atoms with E-state index in [1.807, 2.05) is 42.6 Å². The first-order valence-electron chi connectivity index (χ1n) is 8.15. The van der Waals surface area contributed by atoms with Gasteiger partial charge in [-0.05, 0) is 35.7 Å². The number of aromatic nitrogens is 3. The second-order valence-corrected chi connectivity index (χ2v) is 5.53. The van der Waals surface area contributed by atoms with Crippen molar-refractivity contribution in [1.29, 1.82) is 0 Å². The normalized spacial score (nSPS) is 10.3. The first kappa shape index (κ1) is 16.7. The summed E-state index contributed by atoms with van der Waals surface area (Å²) in [4.78, 5) is 12.6. The van der Waals surface area contributed by atoms with Crippen molar-refractivity contribution in [2.45, 2.75) is 13.0 Å². The number of hydrogen-bond acceptors (Lipinski definition) is 6. The molecular weight excluding hydrogens is 314 g/mol. The molecule has 3 rings (SSSR count). The van der Waals surface area contributed by atoms with Gasteiger partial charge >= 0.3 is 0 Å². The highest BCUT2D eigenvalue weighted by Gasteiger charge is 2.00. The lowest BCUT2D eigenvalue weighted by atomic mass is 10.1. The Hall–Kier alpha value is -3.15. The number of methoxy groups -OCH3 is 1. The fraction of sp³-hybridized carbons (Fsp3) is 0.211. The molecule has 0 aliphatic heterocycles. The molecule has 0 amide bonds. The molecule has 0 atom stereocenters. The maximum atomic E-state index is 5.24. The molecule has 0 radical (unpaired) electrons. The minimum absolute atomic E-state index is 0.675. The number of pyridine rings is 1. The van der Waals surface area contributed by atoms with Crippen LogP contribution in [0.1, 0.15) is 11.1 Å². The van der Waals surface area contributed by atoms with Crippen molar-refractivity contribution < 1.29 is 4.74 Å². The number of anilines is 2. The molecule has 0 unspecified atom stereocenters. The summed E-state index contributed by atoms with van der Waals surface area (Å²) in [6.07, 6.45) is 6.04. The van der Waals surface area contributed by atoms with Gasteiger partial charge in [-0.15, -0.1) is 0 Å². The SMILES string of the molecule is COc1cccc(CCNc2cc(NCc3cccnc3)ncn2)c1. The second kappa shape index (κ2) is 8.63. The molecule has 0 fully saturated rings. The average molecular weight is 335 g/mol. The highest BCUT2D eigenvalue weighted by atomic mass is 16.5. The molecule has 128 valence electrons. The Morgan fingerprint density at radius 1 is 0.960 bits per heavy atom. The zero-order valence-corrected chi connectivity index (χ0v) is 14.1. The van der Waals surface area contributed by atoms with Crippen LogP contribution in [0.15, 0.2) is 61.2 Å². The zero-order valence-electron chi connectivity index (χ0n) is 14.1. The van der Waals surface area contributed by atoms with Crippen LogP contribution in [0.4, 0.5) is 11.6 Å². The molecule has 25 heavy (non-hydrogen) atoms. The van der Waals surface area contributed by atoms with Gasteiger partial charge in [-0.2, -0.15) is 0 Å². The van der Waals surface area contributed by atoms with Crippen LogP contribution in [-0.4, -0.2) is 28.6 Å². The lowest BCUT2D eigenvalue weighted by Gasteiger charge is -2.09. The van der Waals surface area contributed by atoms with Gasteiger partial charge < -0.3 is 15.4 Å². The van der Waals surface area contributed by atoms with E-state index in [1.165, 1.54) is 5.56 Å². The van der Waals surface area contributed by atoms with Crippen LogP contribution in [-0.2, 0) is 13.0 Å². The molecule has 0 spiro atoms. The highest BCUT2D eigenvalue weighted by molar-refractivity contribution is 5.46. The van der Waals surface area contributed by atoms with E-state index in [-0.39, 0.29) is 0 Å². The molecule has 3 aromatic rings. The van der Waals surface area contributed by atoms with Gasteiger partial charge in [0, 0.05) is 31.5 Å². The summed E-state index contributed by atoms with van der Waals surface area (Å²) in [5.41, 5.74) is 2.32. The number of benzene rings is 1. The van der Waals surface area contributed by atoms with Gasteiger partial charge in [-0.25, -0.2) is 9.97 Å². The molecule has 0 saturated carbocycles. The number of nitrogens with zero attached hydrogens (tertiary/aromatic N) is 3. The molecule has 6 nitrogen and oxygen atoms in total. The standard InChI is InChI=1S/C19H21N5O/c1-25-17-6-2-4-15(10-17)7-9-21-18-11-19(24-14-23-18)22-13-16-5-3-8-20-12-16/h2-6,8,10-12,14H,7,9,13H2,1H3,(H2,21,22,23,24). The molecular formula is C19H21N5O. The fourth-order valence-electron chi connectivity index (χ4n) is 2.41. The van der Waals surface area contributed by atoms with E-state index in [4.69, 9.17) is 4.74 Å². The second-order valence-electron chi connectivity index (χ2n) is 5.53. The monoisotopic (exact) mass is 335 g/mol. The zero-order chi connectivity index (χ0) is 17.3. The van der Waals surface area contributed by atoms with Gasteiger partial charge in [-0.3, -0.25) is 4.98 Å². The molecule has 1 aromatic carbocycles. The van der Waals surface area contributed by atoms with Crippen LogP contribution in [0.5, 0.6) is 5.75 Å². The van der Waals surface area contributed by atoms with Crippen molar-refractivity contribution in [1.82, 2.24) is 15.0 Å². The van der Waals surface area contributed by atoms with Crippen LogP contribution in [0.25, 0.3) is 0 Å². The third-order valence-electron chi connectivity index (χ3n) is 3.72. The predicted octanol–water partition coefficient (Wildman–Crippen LogP) is 3.15. The van der Waals surface area contributed by atoms with Crippen molar-refractivity contribution in [3.63, 3.8) is 0 Å². The van der Waals surface area contributed by atoms with E-state index in [1.54, 1.807) is 19.6 Å². The first-order chi connectivity index (χ1) is 12.3. The van der Waals surface area contributed by atoms with E-state index in [0.29, 0.717) is 6.54 Å². The first-order valence-corrected chi connectivity index (χ1v) is 8.15. The number of ether oxygens (including phenoxy) is 1. The van der Waals surface area contributed by atoms with Crippen molar-refractivity contribution >= 4 is 11.6 Å². The maximum Gasteiger partial charge on any atom is 0.131 e. The molecule has 2 aromatic heterocycles. The summed E-state index contributed by atoms with van der Waals surface area (Å²) in [5.74, 6) is 2.45. The Morgan fingerprint density at radius 2 is 1.80 bits per heavy atom. The van der Waals surface area contributed by atoms with E-state index >= 15 is 0 Å². The molecule has 2 N–H and O–H groups in total. The smallest absolute Gasteiger partial charge is 0.131 e. The van der Waals surface area contributed by atoms with E-state index in [0.717, 1.165) is 35.9 Å². The molecule has 0 saturated heterocycles. The number of rotatable bonds is 8. The molecule has 0 aliphatic carbocycles. The Bertz CT molecular complexity index is 795. The average Bonchev–Trinajstić information content (AvgIpc) is 2.68. The Labute approximate surface area is 147 Å². The van der Waals surface area contributed by atoms with Crippen LogP contribution in [0.2, 0.25) is 0 Å². The number of nitrogens with one attached hydrogen (secondary N) is 2. The van der Waals surface area contributed by atoms with Gasteiger partial charge in [0.25, 0.3) is 0 Å². The van der Waals surface area contributed by atoms with Crippen molar-refractivity contribution in [2.24, 2.45) is 0 Å². The lowest BCUT2D eigenvalue weighted by molar-refractivity contribution is 0.414. The molecule has 6 heteroatoms.